The first-order valence-electron chi connectivity index (χ1n) is 9.13. The standard InChI is InChI=1S/C17H30N2O7S/c1-6-17(16(22)23)13(25-27(24)26-17)15(21)19-12(9-11(4)5)14(20)18-8-7-10(2)3/h10-13H,6-9H2,1-5H3,(H,18,20)(H,19,21)(H,22,23)/t12-,13+,17-,27?/m0/s1. The fourth-order valence-corrected chi connectivity index (χ4v) is 3.66. The van der Waals surface area contributed by atoms with Crippen LogP contribution in [0.25, 0.3) is 0 Å². The van der Waals surface area contributed by atoms with Crippen LogP contribution in [-0.4, -0.2) is 51.4 Å². The summed E-state index contributed by atoms with van der Waals surface area (Å²) in [6.07, 6.45) is -0.576. The molecule has 3 N–H and O–H groups in total. The van der Waals surface area contributed by atoms with Crippen molar-refractivity contribution in [2.75, 3.05) is 6.54 Å². The van der Waals surface area contributed by atoms with E-state index >= 15 is 0 Å². The fraction of sp³-hybridized carbons (Fsp3) is 0.824. The predicted molar refractivity (Wildman–Crippen MR) is 98.6 cm³/mol. The van der Waals surface area contributed by atoms with E-state index < -0.39 is 41.0 Å². The number of amides is 2. The van der Waals surface area contributed by atoms with E-state index in [2.05, 4.69) is 10.6 Å². The minimum Gasteiger partial charge on any atom is -0.479 e. The Morgan fingerprint density at radius 3 is 2.30 bits per heavy atom. The molecule has 1 heterocycles. The zero-order chi connectivity index (χ0) is 20.8. The van der Waals surface area contributed by atoms with Crippen LogP contribution in [0.3, 0.4) is 0 Å². The van der Waals surface area contributed by atoms with E-state index in [1.165, 1.54) is 6.92 Å². The van der Waals surface area contributed by atoms with Gasteiger partial charge < -0.3 is 15.7 Å². The molecule has 0 aliphatic carbocycles. The molecular weight excluding hydrogens is 376 g/mol. The molecular formula is C17H30N2O7S. The Hall–Kier alpha value is -1.52. The summed E-state index contributed by atoms with van der Waals surface area (Å²) >= 11 is -2.35. The SMILES string of the molecule is CC[C@]1(C(=O)O)OS(=O)O[C@@H]1C(=O)N[C@@H](CC(C)C)C(=O)NCCC(C)C. The van der Waals surface area contributed by atoms with Crippen LogP contribution < -0.4 is 10.6 Å². The highest BCUT2D eigenvalue weighted by Crippen LogP contribution is 2.33. The minimum atomic E-state index is -2.35. The number of carbonyl (C=O) groups is 3. The molecule has 0 bridgehead atoms. The Kier molecular flexibility index (Phi) is 8.83. The number of hydrogen-bond donors (Lipinski definition) is 3. The Morgan fingerprint density at radius 2 is 1.81 bits per heavy atom. The monoisotopic (exact) mass is 406 g/mol. The number of nitrogens with one attached hydrogen (secondary N) is 2. The maximum atomic E-state index is 12.7. The second-order valence-corrected chi connectivity index (χ2v) is 8.24. The van der Waals surface area contributed by atoms with Crippen molar-refractivity contribution in [1.82, 2.24) is 10.6 Å². The molecule has 1 rings (SSSR count). The van der Waals surface area contributed by atoms with Gasteiger partial charge in [-0.05, 0) is 31.1 Å². The molecule has 156 valence electrons. The van der Waals surface area contributed by atoms with Gasteiger partial charge in [-0.2, -0.15) is 4.21 Å². The lowest BCUT2D eigenvalue weighted by Crippen LogP contribution is -2.57. The van der Waals surface area contributed by atoms with E-state index in [9.17, 15) is 23.7 Å². The van der Waals surface area contributed by atoms with Gasteiger partial charge >= 0.3 is 17.3 Å². The smallest absolute Gasteiger partial charge is 0.340 e. The van der Waals surface area contributed by atoms with E-state index in [0.717, 1.165) is 6.42 Å². The normalized spacial score (nSPS) is 26.2. The third-order valence-electron chi connectivity index (χ3n) is 4.30. The van der Waals surface area contributed by atoms with E-state index in [1.54, 1.807) is 0 Å². The molecule has 0 spiro atoms. The Labute approximate surface area is 162 Å². The van der Waals surface area contributed by atoms with Gasteiger partial charge in [0.1, 0.15) is 6.04 Å². The van der Waals surface area contributed by atoms with Crippen molar-refractivity contribution in [3.8, 4) is 0 Å². The molecule has 1 aliphatic heterocycles. The average Bonchev–Trinajstić information content (AvgIpc) is 2.91. The second-order valence-electron chi connectivity index (χ2n) is 7.48. The van der Waals surface area contributed by atoms with Crippen LogP contribution in [-0.2, 0) is 34.1 Å². The van der Waals surface area contributed by atoms with Crippen LogP contribution in [0.4, 0.5) is 0 Å². The zero-order valence-electron chi connectivity index (χ0n) is 16.4. The number of aliphatic carboxylic acids is 1. The molecule has 1 saturated heterocycles. The molecule has 0 aromatic carbocycles. The van der Waals surface area contributed by atoms with E-state index in [0.29, 0.717) is 18.9 Å². The van der Waals surface area contributed by atoms with E-state index in [4.69, 9.17) is 8.37 Å². The van der Waals surface area contributed by atoms with Crippen LogP contribution in [0.5, 0.6) is 0 Å². The van der Waals surface area contributed by atoms with Gasteiger partial charge in [-0.15, -0.1) is 0 Å². The molecule has 0 aromatic heterocycles. The quantitative estimate of drug-likeness (QED) is 0.491. The molecule has 1 fully saturated rings. The van der Waals surface area contributed by atoms with E-state index in [-0.39, 0.29) is 18.2 Å². The molecule has 1 unspecified atom stereocenters. The maximum Gasteiger partial charge on any atom is 0.340 e. The zero-order valence-corrected chi connectivity index (χ0v) is 17.3. The van der Waals surface area contributed by atoms with Gasteiger partial charge in [-0.25, -0.2) is 8.98 Å². The van der Waals surface area contributed by atoms with Crippen LogP contribution in [0.2, 0.25) is 0 Å². The lowest BCUT2D eigenvalue weighted by molar-refractivity contribution is -0.162. The number of carboxylic acid groups (broad SMARTS) is 1. The van der Waals surface area contributed by atoms with Gasteiger partial charge in [0.25, 0.3) is 5.91 Å². The van der Waals surface area contributed by atoms with Gasteiger partial charge in [0.05, 0.1) is 0 Å². The molecule has 4 atom stereocenters. The van der Waals surface area contributed by atoms with Gasteiger partial charge in [-0.1, -0.05) is 34.6 Å². The van der Waals surface area contributed by atoms with Crippen LogP contribution >= 0.6 is 0 Å². The van der Waals surface area contributed by atoms with Crippen molar-refractivity contribution in [1.29, 1.82) is 0 Å². The number of carboxylic acids is 1. The van der Waals surface area contributed by atoms with Gasteiger partial charge in [0, 0.05) is 6.54 Å². The number of carbonyl (C=O) groups excluding carboxylic acids is 2. The first-order chi connectivity index (χ1) is 12.5. The molecule has 0 radical (unpaired) electrons. The topological polar surface area (TPSA) is 131 Å². The van der Waals surface area contributed by atoms with Crippen molar-refractivity contribution in [2.24, 2.45) is 11.8 Å². The van der Waals surface area contributed by atoms with Crippen LogP contribution in [0, 0.1) is 11.8 Å². The van der Waals surface area contributed by atoms with Gasteiger partial charge in [0.2, 0.25) is 11.5 Å². The summed E-state index contributed by atoms with van der Waals surface area (Å²) in [5.74, 6) is -2.11. The number of rotatable bonds is 10. The summed E-state index contributed by atoms with van der Waals surface area (Å²) in [5, 5.41) is 14.8. The van der Waals surface area contributed by atoms with Crippen LogP contribution in [0.1, 0.15) is 53.9 Å². The largest absolute Gasteiger partial charge is 0.479 e. The Balaban J connectivity index is 2.90. The van der Waals surface area contributed by atoms with Gasteiger partial charge in [-0.3, -0.25) is 13.8 Å². The predicted octanol–water partition coefficient (Wildman–Crippen LogP) is 0.907. The third-order valence-corrected chi connectivity index (χ3v) is 5.08. The van der Waals surface area contributed by atoms with Crippen molar-refractivity contribution in [2.45, 2.75) is 71.6 Å². The lowest BCUT2D eigenvalue weighted by Gasteiger charge is -2.26. The summed E-state index contributed by atoms with van der Waals surface area (Å²) < 4.78 is 21.4. The summed E-state index contributed by atoms with van der Waals surface area (Å²) in [6, 6.07) is -0.856. The third kappa shape index (κ3) is 6.25. The maximum absolute atomic E-state index is 12.7. The number of hydrogen-bond acceptors (Lipinski definition) is 6. The summed E-state index contributed by atoms with van der Waals surface area (Å²) in [5.41, 5.74) is -2.05. The highest BCUT2D eigenvalue weighted by Gasteiger charge is 2.59. The Bertz CT molecular complexity index is 582. The fourth-order valence-electron chi connectivity index (χ4n) is 2.70. The molecule has 1 aliphatic rings. The first kappa shape index (κ1) is 23.5. The highest BCUT2D eigenvalue weighted by molar-refractivity contribution is 7.75. The first-order valence-corrected chi connectivity index (χ1v) is 10.1. The average molecular weight is 407 g/mol. The summed E-state index contributed by atoms with van der Waals surface area (Å²) in [6.45, 7) is 9.84. The van der Waals surface area contributed by atoms with Gasteiger partial charge in [0.15, 0.2) is 6.10 Å². The molecule has 10 heteroatoms. The summed E-state index contributed by atoms with van der Waals surface area (Å²) in [7, 11) is 0. The second kappa shape index (κ2) is 10.1. The Morgan fingerprint density at radius 1 is 1.19 bits per heavy atom. The van der Waals surface area contributed by atoms with Crippen molar-refractivity contribution in [3.63, 3.8) is 0 Å². The molecule has 27 heavy (non-hydrogen) atoms. The molecule has 0 aromatic rings. The molecule has 9 nitrogen and oxygen atoms in total. The van der Waals surface area contributed by atoms with Crippen molar-refractivity contribution < 1.29 is 32.1 Å². The van der Waals surface area contributed by atoms with E-state index in [1.807, 2.05) is 27.7 Å². The lowest BCUT2D eigenvalue weighted by atomic mass is 9.92. The van der Waals surface area contributed by atoms with Crippen LogP contribution in [0.15, 0.2) is 0 Å². The highest BCUT2D eigenvalue weighted by atomic mass is 32.2. The molecule has 0 saturated carbocycles. The van der Waals surface area contributed by atoms with Crippen molar-refractivity contribution in [3.05, 3.63) is 0 Å². The summed E-state index contributed by atoms with van der Waals surface area (Å²) in [4.78, 5) is 36.7. The molecule has 2 amide bonds. The van der Waals surface area contributed by atoms with Crippen molar-refractivity contribution >= 4 is 29.1 Å². The minimum absolute atomic E-state index is 0.108.